The van der Waals surface area contributed by atoms with Crippen LogP contribution in [0.2, 0.25) is 5.02 Å². The first-order valence-electron chi connectivity index (χ1n) is 7.21. The van der Waals surface area contributed by atoms with Crippen LogP contribution in [0, 0.1) is 6.92 Å². The van der Waals surface area contributed by atoms with Gasteiger partial charge in [0.15, 0.2) is 0 Å². The largest absolute Gasteiger partial charge is 0.371 e. The molecule has 0 atom stereocenters. The number of carbonyl (C=O) groups is 1. The number of aryl methyl sites for hydroxylation is 1. The molecule has 4 nitrogen and oxygen atoms in total. The molecule has 0 radical (unpaired) electrons. The lowest BCUT2D eigenvalue weighted by Gasteiger charge is -2.35. The highest BCUT2D eigenvalue weighted by molar-refractivity contribution is 6.31. The fourth-order valence-electron chi connectivity index (χ4n) is 2.63. The van der Waals surface area contributed by atoms with Gasteiger partial charge in [0.2, 0.25) is 0 Å². The Kier molecular flexibility index (Phi) is 3.94. The van der Waals surface area contributed by atoms with Crippen LogP contribution in [-0.4, -0.2) is 26.2 Å². The van der Waals surface area contributed by atoms with Gasteiger partial charge in [-0.15, -0.1) is 0 Å². The quantitative estimate of drug-likeness (QED) is 0.858. The maximum atomic E-state index is 12.7. The molecule has 0 saturated heterocycles. The lowest BCUT2D eigenvalue weighted by molar-refractivity contribution is 0.257. The number of hydrogen-bond donors (Lipinski definition) is 1. The molecule has 0 aromatic heterocycles. The first-order valence-corrected chi connectivity index (χ1v) is 7.59. The molecular weight excluding hydrogens is 298 g/mol. The summed E-state index contributed by atoms with van der Waals surface area (Å²) in [5.74, 6) is 0. The third kappa shape index (κ3) is 2.74. The summed E-state index contributed by atoms with van der Waals surface area (Å²) in [5, 5.41) is 3.57. The van der Waals surface area contributed by atoms with E-state index in [9.17, 15) is 4.79 Å². The monoisotopic (exact) mass is 315 g/mol. The van der Waals surface area contributed by atoms with Crippen LogP contribution in [-0.2, 0) is 0 Å². The summed E-state index contributed by atoms with van der Waals surface area (Å²) < 4.78 is 0. The van der Waals surface area contributed by atoms with Gasteiger partial charge in [-0.2, -0.15) is 0 Å². The molecule has 1 N–H and O–H groups in total. The minimum absolute atomic E-state index is 0.133. The predicted octanol–water partition coefficient (Wildman–Crippen LogP) is 4.14. The number of para-hydroxylation sites is 2. The van der Waals surface area contributed by atoms with Crippen molar-refractivity contribution < 1.29 is 4.79 Å². The SMILES string of the molecule is Cc1ccc(Cl)cc1NC(=O)N1CCN(C)c2ccccc21. The zero-order valence-electron chi connectivity index (χ0n) is 12.6. The van der Waals surface area contributed by atoms with Crippen LogP contribution in [0.4, 0.5) is 21.9 Å². The molecule has 3 rings (SSSR count). The van der Waals surface area contributed by atoms with Crippen LogP contribution >= 0.6 is 11.6 Å². The van der Waals surface area contributed by atoms with E-state index in [0.717, 1.165) is 29.2 Å². The molecule has 0 fully saturated rings. The van der Waals surface area contributed by atoms with E-state index in [1.165, 1.54) is 0 Å². The Labute approximate surface area is 135 Å². The van der Waals surface area contributed by atoms with Gasteiger partial charge >= 0.3 is 6.03 Å². The smallest absolute Gasteiger partial charge is 0.326 e. The number of hydrogen-bond acceptors (Lipinski definition) is 2. The first-order chi connectivity index (χ1) is 10.6. The number of anilines is 3. The summed E-state index contributed by atoms with van der Waals surface area (Å²) in [7, 11) is 2.04. The van der Waals surface area contributed by atoms with Crippen LogP contribution in [0.15, 0.2) is 42.5 Å². The van der Waals surface area contributed by atoms with Crippen molar-refractivity contribution in [2.45, 2.75) is 6.92 Å². The summed E-state index contributed by atoms with van der Waals surface area (Å²) in [6.45, 7) is 3.40. The Bertz CT molecular complexity index is 717. The Morgan fingerprint density at radius 2 is 1.86 bits per heavy atom. The van der Waals surface area contributed by atoms with Gasteiger partial charge in [-0.1, -0.05) is 29.8 Å². The molecule has 1 aliphatic rings. The Morgan fingerprint density at radius 3 is 2.64 bits per heavy atom. The van der Waals surface area contributed by atoms with E-state index in [1.54, 1.807) is 11.0 Å². The van der Waals surface area contributed by atoms with Crippen molar-refractivity contribution >= 4 is 34.7 Å². The molecule has 2 aromatic carbocycles. The second kappa shape index (κ2) is 5.89. The predicted molar refractivity (Wildman–Crippen MR) is 92.3 cm³/mol. The Balaban J connectivity index is 1.87. The lowest BCUT2D eigenvalue weighted by atomic mass is 10.1. The molecule has 2 amide bonds. The van der Waals surface area contributed by atoms with E-state index in [1.807, 2.05) is 50.4 Å². The summed E-state index contributed by atoms with van der Waals surface area (Å²) in [6, 6.07) is 13.3. The first kappa shape index (κ1) is 14.7. The number of nitrogens with one attached hydrogen (secondary N) is 1. The number of urea groups is 1. The molecule has 0 unspecified atom stereocenters. The highest BCUT2D eigenvalue weighted by atomic mass is 35.5. The van der Waals surface area contributed by atoms with E-state index < -0.39 is 0 Å². The molecule has 5 heteroatoms. The van der Waals surface area contributed by atoms with Gasteiger partial charge in [0, 0.05) is 30.8 Å². The fraction of sp³-hybridized carbons (Fsp3) is 0.235. The lowest BCUT2D eigenvalue weighted by Crippen LogP contribution is -2.44. The van der Waals surface area contributed by atoms with Gasteiger partial charge < -0.3 is 10.2 Å². The molecule has 1 aliphatic heterocycles. The standard InChI is InChI=1S/C17H18ClN3O/c1-12-7-8-13(18)11-14(12)19-17(22)21-10-9-20(2)15-5-3-4-6-16(15)21/h3-8,11H,9-10H2,1-2H3,(H,19,22). The number of amides is 2. The number of rotatable bonds is 1. The number of carbonyl (C=O) groups excluding carboxylic acids is 1. The van der Waals surface area contributed by atoms with Crippen molar-refractivity contribution in [1.82, 2.24) is 0 Å². The number of fused-ring (bicyclic) bond motifs is 1. The van der Waals surface area contributed by atoms with Gasteiger partial charge in [-0.25, -0.2) is 4.79 Å². The molecule has 0 bridgehead atoms. The molecular formula is C17H18ClN3O. The summed E-state index contributed by atoms with van der Waals surface area (Å²) >= 11 is 6.01. The topological polar surface area (TPSA) is 35.6 Å². The van der Waals surface area contributed by atoms with Crippen molar-refractivity contribution in [3.8, 4) is 0 Å². The summed E-state index contributed by atoms with van der Waals surface area (Å²) in [4.78, 5) is 16.6. The van der Waals surface area contributed by atoms with Crippen LogP contribution in [0.25, 0.3) is 0 Å². The molecule has 22 heavy (non-hydrogen) atoms. The summed E-state index contributed by atoms with van der Waals surface area (Å²) in [5.41, 5.74) is 3.72. The second-order valence-corrected chi connectivity index (χ2v) is 5.89. The zero-order chi connectivity index (χ0) is 15.7. The van der Waals surface area contributed by atoms with E-state index in [-0.39, 0.29) is 6.03 Å². The van der Waals surface area contributed by atoms with Crippen LogP contribution in [0.3, 0.4) is 0 Å². The van der Waals surface area contributed by atoms with Crippen LogP contribution in [0.1, 0.15) is 5.56 Å². The number of likely N-dealkylation sites (N-methyl/N-ethyl adjacent to an activating group) is 1. The number of halogens is 1. The van der Waals surface area contributed by atoms with E-state index >= 15 is 0 Å². The minimum Gasteiger partial charge on any atom is -0.371 e. The average Bonchev–Trinajstić information content (AvgIpc) is 2.51. The number of nitrogens with zero attached hydrogens (tertiary/aromatic N) is 2. The molecule has 0 saturated carbocycles. The fourth-order valence-corrected chi connectivity index (χ4v) is 2.80. The summed E-state index contributed by atoms with van der Waals surface area (Å²) in [6.07, 6.45) is 0. The van der Waals surface area contributed by atoms with Crippen molar-refractivity contribution in [1.29, 1.82) is 0 Å². The van der Waals surface area contributed by atoms with E-state index in [4.69, 9.17) is 11.6 Å². The maximum Gasteiger partial charge on any atom is 0.326 e. The van der Waals surface area contributed by atoms with Crippen molar-refractivity contribution in [2.24, 2.45) is 0 Å². The number of benzene rings is 2. The van der Waals surface area contributed by atoms with Gasteiger partial charge in [0.25, 0.3) is 0 Å². The average molecular weight is 316 g/mol. The normalized spacial score (nSPS) is 13.8. The van der Waals surface area contributed by atoms with Gasteiger partial charge in [-0.3, -0.25) is 4.90 Å². The Morgan fingerprint density at radius 1 is 1.14 bits per heavy atom. The van der Waals surface area contributed by atoms with Gasteiger partial charge in [0.1, 0.15) is 0 Å². The molecule has 0 aliphatic carbocycles. The van der Waals surface area contributed by atoms with E-state index in [0.29, 0.717) is 11.6 Å². The highest BCUT2D eigenvalue weighted by Gasteiger charge is 2.25. The third-order valence-electron chi connectivity index (χ3n) is 3.93. The second-order valence-electron chi connectivity index (χ2n) is 5.45. The maximum absolute atomic E-state index is 12.7. The van der Waals surface area contributed by atoms with Crippen LogP contribution in [0.5, 0.6) is 0 Å². The van der Waals surface area contributed by atoms with Crippen molar-refractivity contribution in [2.75, 3.05) is 35.3 Å². The van der Waals surface area contributed by atoms with E-state index in [2.05, 4.69) is 10.2 Å². The highest BCUT2D eigenvalue weighted by Crippen LogP contribution is 2.32. The zero-order valence-corrected chi connectivity index (χ0v) is 13.4. The Hall–Kier alpha value is -2.20. The molecule has 114 valence electrons. The van der Waals surface area contributed by atoms with Crippen molar-refractivity contribution in [3.05, 3.63) is 53.1 Å². The van der Waals surface area contributed by atoms with Crippen molar-refractivity contribution in [3.63, 3.8) is 0 Å². The van der Waals surface area contributed by atoms with Gasteiger partial charge in [-0.05, 0) is 36.8 Å². The minimum atomic E-state index is -0.133. The molecule has 2 aromatic rings. The van der Waals surface area contributed by atoms with Gasteiger partial charge in [0.05, 0.1) is 11.4 Å². The molecule has 0 spiro atoms. The molecule has 1 heterocycles. The van der Waals surface area contributed by atoms with Crippen LogP contribution < -0.4 is 15.1 Å². The third-order valence-corrected chi connectivity index (χ3v) is 4.16.